The Balaban J connectivity index is 1.48. The molecule has 2 N–H and O–H groups in total. The van der Waals surface area contributed by atoms with Gasteiger partial charge in [0.2, 0.25) is 5.91 Å². The second-order valence-corrected chi connectivity index (χ2v) is 10.9. The largest absolute Gasteiger partial charge is 0.433 e. The van der Waals surface area contributed by atoms with Crippen LogP contribution in [0.25, 0.3) is 0 Å². The first-order valence-electron chi connectivity index (χ1n) is 12.9. The Kier molecular flexibility index (Phi) is 9.17. The fourth-order valence-corrected chi connectivity index (χ4v) is 4.91. The van der Waals surface area contributed by atoms with Crippen LogP contribution < -0.4 is 19.4 Å². The number of nitrogens with one attached hydrogen (secondary N) is 1. The minimum atomic E-state index is -4.62. The minimum absolute atomic E-state index is 0.0748. The molecule has 41 heavy (non-hydrogen) atoms. The molecule has 3 aromatic rings. The van der Waals surface area contributed by atoms with Crippen molar-refractivity contribution in [2.45, 2.75) is 32.5 Å². The van der Waals surface area contributed by atoms with E-state index in [1.54, 1.807) is 11.8 Å². The number of hydrogen-bond donors (Lipinski definition) is 2. The molecule has 8 nitrogen and oxygen atoms in total. The van der Waals surface area contributed by atoms with Gasteiger partial charge in [0.15, 0.2) is 0 Å². The molecule has 2 unspecified atom stereocenters. The number of halogens is 4. The van der Waals surface area contributed by atoms with Crippen LogP contribution in [0, 0.1) is 12.7 Å². The first-order valence-corrected chi connectivity index (χ1v) is 14.0. The van der Waals surface area contributed by atoms with Crippen molar-refractivity contribution >= 4 is 34.4 Å². The lowest BCUT2D eigenvalue weighted by Crippen LogP contribution is -2.47. The molecule has 0 aliphatic carbocycles. The molecule has 1 aromatic heterocycles. The molecule has 0 bridgehead atoms. The Morgan fingerprint density at radius 1 is 1.07 bits per heavy atom. The maximum Gasteiger partial charge on any atom is 0.433 e. The summed E-state index contributed by atoms with van der Waals surface area (Å²) in [5.74, 6) is -1.88. The lowest BCUT2D eigenvalue weighted by molar-refractivity contribution is -0.141. The van der Waals surface area contributed by atoms with E-state index in [9.17, 15) is 31.1 Å². The van der Waals surface area contributed by atoms with E-state index in [0.717, 1.165) is 27.7 Å². The monoisotopic (exact) mass is 593 g/mol. The third kappa shape index (κ3) is 7.14. The molecule has 1 fully saturated rings. The zero-order valence-electron chi connectivity index (χ0n) is 22.8. The molecule has 2 atom stereocenters. The summed E-state index contributed by atoms with van der Waals surface area (Å²) >= 11 is -2.42. The Hall–Kier alpha value is -3.71. The third-order valence-corrected chi connectivity index (χ3v) is 7.78. The molecule has 1 aliphatic heterocycles. The van der Waals surface area contributed by atoms with E-state index in [2.05, 4.69) is 15.2 Å². The molecule has 0 radical (unpaired) electrons. The van der Waals surface area contributed by atoms with Gasteiger partial charge in [0.25, 0.3) is 11.3 Å². The Bertz CT molecular complexity index is 1410. The molecular formula is C28H31F4N5O3S. The Morgan fingerprint density at radius 3 is 2.29 bits per heavy atom. The van der Waals surface area contributed by atoms with E-state index in [4.69, 9.17) is 0 Å². The van der Waals surface area contributed by atoms with Gasteiger partial charge in [-0.05, 0) is 49.7 Å². The standard InChI is InChI=1S/C28H31F4N5O3S/c1-18-4-8-22(9-5-18)36-12-14-37(15-13-36)26-21(7-11-25(34-26)28(30,31)32)17-33-27(38)19(2)20-6-10-24(23(29)16-20)35(3)41(39)40/h4-11,16,19H,12-15,17H2,1-3H3,(H,33,38)(H,39,40). The van der Waals surface area contributed by atoms with Gasteiger partial charge < -0.3 is 15.1 Å². The zero-order chi connectivity index (χ0) is 29.9. The zero-order valence-corrected chi connectivity index (χ0v) is 23.6. The smallest absolute Gasteiger partial charge is 0.368 e. The number of aromatic nitrogens is 1. The number of anilines is 3. The summed E-state index contributed by atoms with van der Waals surface area (Å²) < 4.78 is 76.4. The van der Waals surface area contributed by atoms with Gasteiger partial charge in [-0.2, -0.15) is 13.2 Å². The average molecular weight is 594 g/mol. The van der Waals surface area contributed by atoms with Crippen molar-refractivity contribution in [2.75, 3.05) is 47.3 Å². The summed E-state index contributed by atoms with van der Waals surface area (Å²) in [6.07, 6.45) is -4.62. The lowest BCUT2D eigenvalue weighted by Gasteiger charge is -2.37. The lowest BCUT2D eigenvalue weighted by atomic mass is 9.99. The van der Waals surface area contributed by atoms with E-state index in [1.165, 1.54) is 25.2 Å². The van der Waals surface area contributed by atoms with Gasteiger partial charge in [-0.3, -0.25) is 13.7 Å². The normalized spacial score (nSPS) is 15.4. The van der Waals surface area contributed by atoms with Crippen molar-refractivity contribution in [3.8, 4) is 0 Å². The van der Waals surface area contributed by atoms with E-state index in [0.29, 0.717) is 37.3 Å². The molecule has 4 rings (SSSR count). The quantitative estimate of drug-likeness (QED) is 0.286. The van der Waals surface area contributed by atoms with Gasteiger partial charge in [0.05, 0.1) is 11.6 Å². The number of aryl methyl sites for hydroxylation is 1. The number of alkyl halides is 3. The highest BCUT2D eigenvalue weighted by Gasteiger charge is 2.34. The molecular weight excluding hydrogens is 562 g/mol. The fraction of sp³-hybridized carbons (Fsp3) is 0.357. The van der Waals surface area contributed by atoms with Crippen molar-refractivity contribution in [3.63, 3.8) is 0 Å². The van der Waals surface area contributed by atoms with Crippen LogP contribution in [0.5, 0.6) is 0 Å². The van der Waals surface area contributed by atoms with Crippen LogP contribution in [-0.2, 0) is 28.8 Å². The van der Waals surface area contributed by atoms with Crippen LogP contribution in [0.4, 0.5) is 34.8 Å². The molecule has 1 saturated heterocycles. The van der Waals surface area contributed by atoms with E-state index < -0.39 is 40.8 Å². The number of carbonyl (C=O) groups excluding carboxylic acids is 1. The number of amides is 1. The van der Waals surface area contributed by atoms with Gasteiger partial charge in [-0.1, -0.05) is 29.8 Å². The van der Waals surface area contributed by atoms with Crippen LogP contribution >= 0.6 is 0 Å². The first kappa shape index (κ1) is 30.3. The van der Waals surface area contributed by atoms with E-state index in [1.807, 2.05) is 31.2 Å². The summed E-state index contributed by atoms with van der Waals surface area (Å²) in [5, 5.41) is 2.73. The maximum atomic E-state index is 14.6. The number of benzene rings is 2. The number of carbonyl (C=O) groups is 1. The number of rotatable bonds is 8. The minimum Gasteiger partial charge on any atom is -0.368 e. The van der Waals surface area contributed by atoms with E-state index >= 15 is 0 Å². The summed E-state index contributed by atoms with van der Waals surface area (Å²) in [5.41, 5.74) is 1.81. The van der Waals surface area contributed by atoms with Crippen LogP contribution in [-0.4, -0.2) is 52.9 Å². The van der Waals surface area contributed by atoms with Gasteiger partial charge in [-0.25, -0.2) is 13.6 Å². The highest BCUT2D eigenvalue weighted by atomic mass is 32.2. The van der Waals surface area contributed by atoms with Crippen molar-refractivity contribution < 1.29 is 31.1 Å². The molecule has 1 aliphatic rings. The second kappa shape index (κ2) is 12.4. The predicted molar refractivity (Wildman–Crippen MR) is 151 cm³/mol. The average Bonchev–Trinajstić information content (AvgIpc) is 2.95. The number of hydrogen-bond acceptors (Lipinski definition) is 5. The SMILES string of the molecule is Cc1ccc(N2CCN(c3nc(C(F)(F)F)ccc3CNC(=O)C(C)c3ccc(N(C)S(=O)O)c(F)c3)CC2)cc1. The first-order chi connectivity index (χ1) is 19.3. The number of nitrogens with zero attached hydrogens (tertiary/aromatic N) is 4. The summed E-state index contributed by atoms with van der Waals surface area (Å²) in [6, 6.07) is 14.2. The van der Waals surface area contributed by atoms with Crippen molar-refractivity contribution in [1.82, 2.24) is 10.3 Å². The molecule has 220 valence electrons. The molecule has 1 amide bonds. The van der Waals surface area contributed by atoms with E-state index in [-0.39, 0.29) is 18.1 Å². The third-order valence-electron chi connectivity index (χ3n) is 7.12. The van der Waals surface area contributed by atoms with Gasteiger partial charge in [-0.15, -0.1) is 0 Å². The highest BCUT2D eigenvalue weighted by molar-refractivity contribution is 7.80. The molecule has 2 aromatic carbocycles. The van der Waals surface area contributed by atoms with Crippen LogP contribution in [0.2, 0.25) is 0 Å². The van der Waals surface area contributed by atoms with Gasteiger partial charge in [0.1, 0.15) is 17.3 Å². The van der Waals surface area contributed by atoms with Crippen molar-refractivity contribution in [2.24, 2.45) is 0 Å². The van der Waals surface area contributed by atoms with Crippen LogP contribution in [0.15, 0.2) is 54.6 Å². The predicted octanol–water partition coefficient (Wildman–Crippen LogP) is 4.87. The molecule has 0 spiro atoms. The number of piperazine rings is 1. The topological polar surface area (TPSA) is 89.0 Å². The number of pyridine rings is 1. The summed E-state index contributed by atoms with van der Waals surface area (Å²) in [4.78, 5) is 20.8. The Morgan fingerprint density at radius 2 is 1.71 bits per heavy atom. The molecule has 13 heteroatoms. The summed E-state index contributed by atoms with van der Waals surface area (Å²) in [6.45, 7) is 5.55. The fourth-order valence-electron chi connectivity index (χ4n) is 4.60. The van der Waals surface area contributed by atoms with Crippen molar-refractivity contribution in [1.29, 1.82) is 0 Å². The highest BCUT2D eigenvalue weighted by Crippen LogP contribution is 2.32. The van der Waals surface area contributed by atoms with Crippen molar-refractivity contribution in [3.05, 3.63) is 82.8 Å². The molecule has 2 heterocycles. The second-order valence-electron chi connectivity index (χ2n) is 9.87. The van der Waals surface area contributed by atoms with Gasteiger partial charge >= 0.3 is 6.18 Å². The Labute approximate surface area is 238 Å². The molecule has 0 saturated carbocycles. The van der Waals surface area contributed by atoms with Crippen LogP contribution in [0.3, 0.4) is 0 Å². The van der Waals surface area contributed by atoms with Gasteiger partial charge in [0, 0.05) is 51.0 Å². The maximum absolute atomic E-state index is 14.6. The summed E-state index contributed by atoms with van der Waals surface area (Å²) in [7, 11) is 1.25. The van der Waals surface area contributed by atoms with Crippen LogP contribution in [0.1, 0.15) is 35.2 Å².